The van der Waals surface area contributed by atoms with Crippen LogP contribution < -0.4 is 10.9 Å². The Morgan fingerprint density at radius 1 is 0.515 bits per heavy atom. The average molecular weight is 855 g/mol. The molecule has 0 spiro atoms. The van der Waals surface area contributed by atoms with Gasteiger partial charge in [-0.25, -0.2) is 0 Å². The first-order valence-electron chi connectivity index (χ1n) is 24.0. The number of nitriles is 1. The smallest absolute Gasteiger partial charge is 0.117 e. The molecule has 0 fully saturated rings. The molecule has 0 aliphatic heterocycles. The van der Waals surface area contributed by atoms with Gasteiger partial charge in [0.1, 0.15) is 15.7 Å². The number of rotatable bonds is 0. The van der Waals surface area contributed by atoms with Crippen molar-refractivity contribution in [2.45, 2.75) is 142 Å². The average Bonchev–Trinajstić information content (AvgIpc) is 4.01. The van der Waals surface area contributed by atoms with Gasteiger partial charge in [-0.05, 0) is 107 Å². The number of benzene rings is 6. The maximum atomic E-state index is 11.0. The highest BCUT2D eigenvalue weighted by molar-refractivity contribution is 6.59. The van der Waals surface area contributed by atoms with Crippen molar-refractivity contribution in [2.75, 3.05) is 0 Å². The molecule has 66 heavy (non-hydrogen) atoms. The van der Waals surface area contributed by atoms with E-state index in [0.29, 0.717) is 5.46 Å². The fourth-order valence-corrected chi connectivity index (χ4v) is 14.8. The van der Waals surface area contributed by atoms with Crippen molar-refractivity contribution in [1.82, 2.24) is 13.8 Å². The zero-order chi connectivity index (χ0) is 46.6. The molecule has 5 aromatic heterocycles. The number of nitrogens with zero attached hydrogens (tertiary/aromatic N) is 4. The summed E-state index contributed by atoms with van der Waals surface area (Å²) in [5.74, 6) is 0. The van der Waals surface area contributed by atoms with Crippen LogP contribution >= 0.6 is 0 Å². The van der Waals surface area contributed by atoms with Crippen LogP contribution in [0.5, 0.6) is 0 Å². The Morgan fingerprint density at radius 2 is 0.970 bits per heavy atom. The van der Waals surface area contributed by atoms with Gasteiger partial charge in [0.25, 0.3) is 0 Å². The normalized spacial score (nSPS) is 18.0. The highest BCUT2D eigenvalue weighted by Gasteiger charge is 2.47. The van der Waals surface area contributed by atoms with Gasteiger partial charge in [0, 0.05) is 59.5 Å². The summed E-state index contributed by atoms with van der Waals surface area (Å²) >= 11 is 0. The monoisotopic (exact) mass is 854 g/mol. The molecule has 4 radical (unpaired) electrons. The molecule has 0 atom stereocenters. The maximum absolute atomic E-state index is 11.0. The molecule has 13 rings (SSSR count). The molecule has 2 aliphatic carbocycles. The molecular formula is C60H56B2N4. The van der Waals surface area contributed by atoms with Gasteiger partial charge in [0.2, 0.25) is 0 Å². The maximum Gasteiger partial charge on any atom is 0.117 e. The molecule has 0 bridgehead atoms. The predicted molar refractivity (Wildman–Crippen MR) is 283 cm³/mol. The van der Waals surface area contributed by atoms with E-state index in [2.05, 4.69) is 173 Å². The third-order valence-corrected chi connectivity index (χ3v) is 16.8. The van der Waals surface area contributed by atoms with Crippen molar-refractivity contribution in [3.05, 3.63) is 99.9 Å². The van der Waals surface area contributed by atoms with E-state index in [-0.39, 0.29) is 32.5 Å². The van der Waals surface area contributed by atoms with E-state index in [9.17, 15) is 5.26 Å². The Hall–Kier alpha value is -5.79. The predicted octanol–water partition coefficient (Wildman–Crippen LogP) is 13.7. The minimum atomic E-state index is -0.174. The number of fused-ring (bicyclic) bond motifs is 20. The standard InChI is InChI=1S/C60H56B2N4/c1-55(2,3)31-15-17-33-28(19-31)21-35-41-49(62)53-42(48(61)52(41)65-37-23-30(24-63)45-46(43(37)39(33)50(35)65)58(9,10)26-57(45,7)8)36-22-29-20-32(56(4,5)6)16-18-34(29)40-44-38(66(53)51(36)40)25-64-54-47(44)59(11,12)27-60(54,13)14/h15-23,25H,26-27H2,1-14H3. The van der Waals surface area contributed by atoms with E-state index in [0.717, 1.165) is 78.5 Å². The minimum Gasteiger partial charge on any atom is -0.309 e. The molecule has 0 unspecified atom stereocenters. The molecule has 6 heteroatoms. The molecular weight excluding hydrogens is 798 g/mol. The second-order valence-electron chi connectivity index (χ2n) is 25.4. The van der Waals surface area contributed by atoms with Crippen molar-refractivity contribution < 1.29 is 0 Å². The van der Waals surface area contributed by atoms with Crippen LogP contribution in [-0.2, 0) is 32.5 Å². The van der Waals surface area contributed by atoms with Crippen molar-refractivity contribution >= 4 is 124 Å². The van der Waals surface area contributed by atoms with Gasteiger partial charge in [0.15, 0.2) is 0 Å². The number of hydrogen-bond acceptors (Lipinski definition) is 2. The zero-order valence-electron chi connectivity index (χ0n) is 41.1. The van der Waals surface area contributed by atoms with Gasteiger partial charge in [-0.1, -0.05) is 144 Å². The number of pyridine rings is 1. The quantitative estimate of drug-likeness (QED) is 0.143. The summed E-state index contributed by atoms with van der Waals surface area (Å²) in [5, 5.41) is 25.0. The molecule has 6 aromatic carbocycles. The van der Waals surface area contributed by atoms with Gasteiger partial charge in [-0.15, -0.1) is 0 Å². The van der Waals surface area contributed by atoms with Gasteiger partial charge >= 0.3 is 0 Å². The van der Waals surface area contributed by atoms with Crippen LogP contribution in [0.3, 0.4) is 0 Å². The Morgan fingerprint density at radius 3 is 1.47 bits per heavy atom. The van der Waals surface area contributed by atoms with E-state index >= 15 is 0 Å². The summed E-state index contributed by atoms with van der Waals surface area (Å²) in [6, 6.07) is 23.8. The zero-order valence-corrected chi connectivity index (χ0v) is 41.1. The summed E-state index contributed by atoms with van der Waals surface area (Å²) in [6.45, 7) is 32.6. The van der Waals surface area contributed by atoms with E-state index in [4.69, 9.17) is 20.7 Å². The lowest BCUT2D eigenvalue weighted by molar-refractivity contribution is 0.400. The van der Waals surface area contributed by atoms with Crippen LogP contribution in [0.25, 0.3) is 97.7 Å². The summed E-state index contributed by atoms with van der Waals surface area (Å²) in [7, 11) is 15.9. The van der Waals surface area contributed by atoms with Crippen molar-refractivity contribution in [1.29, 1.82) is 5.26 Å². The van der Waals surface area contributed by atoms with Crippen LogP contribution in [0.4, 0.5) is 0 Å². The first kappa shape index (κ1) is 40.5. The molecule has 0 saturated carbocycles. The molecule has 4 nitrogen and oxygen atoms in total. The van der Waals surface area contributed by atoms with E-state index in [1.54, 1.807) is 0 Å². The van der Waals surface area contributed by atoms with Crippen LogP contribution in [0, 0.1) is 11.3 Å². The van der Waals surface area contributed by atoms with Crippen LogP contribution in [0.1, 0.15) is 149 Å². The van der Waals surface area contributed by atoms with Crippen LogP contribution in [0.15, 0.2) is 60.8 Å². The van der Waals surface area contributed by atoms with Crippen molar-refractivity contribution in [2.24, 2.45) is 0 Å². The number of aromatic nitrogens is 3. The second kappa shape index (κ2) is 11.7. The molecule has 0 amide bonds. The van der Waals surface area contributed by atoms with Crippen molar-refractivity contribution in [3.8, 4) is 6.07 Å². The van der Waals surface area contributed by atoms with Gasteiger partial charge in [0.05, 0.1) is 45.6 Å². The molecule has 322 valence electrons. The van der Waals surface area contributed by atoms with E-state index in [1.165, 1.54) is 76.6 Å². The fourth-order valence-electron chi connectivity index (χ4n) is 14.8. The van der Waals surface area contributed by atoms with Gasteiger partial charge in [-0.3, -0.25) is 4.98 Å². The fraction of sp³-hybridized carbons (Fsp3) is 0.367. The largest absolute Gasteiger partial charge is 0.309 e. The summed E-state index contributed by atoms with van der Waals surface area (Å²) in [4.78, 5) is 5.38. The Kier molecular flexibility index (Phi) is 7.15. The lowest BCUT2D eigenvalue weighted by Gasteiger charge is -2.23. The van der Waals surface area contributed by atoms with Crippen molar-refractivity contribution in [3.63, 3.8) is 0 Å². The lowest BCUT2D eigenvalue weighted by Crippen LogP contribution is -2.18. The SMILES string of the molecule is [B]c1c2c3cc4cc(C(C)(C)C)ccc4c4c5c6c(ncc5n(c2c([B])c2c5cc7cc(C(C)(C)C)ccc7c7c8c9c(c(C#N)cc8n(c12)c57)C(C)(C)CC9(C)C)c34)C(C)(C)CC6(C)C. The summed E-state index contributed by atoms with van der Waals surface area (Å²) < 4.78 is 4.84. The van der Waals surface area contributed by atoms with Gasteiger partial charge in [-0.2, -0.15) is 5.26 Å². The first-order chi connectivity index (χ1) is 30.8. The van der Waals surface area contributed by atoms with Crippen LogP contribution in [-0.4, -0.2) is 29.5 Å². The highest BCUT2D eigenvalue weighted by Crippen LogP contribution is 2.58. The second-order valence-corrected chi connectivity index (χ2v) is 25.4. The summed E-state index contributed by atoms with van der Waals surface area (Å²) in [5.41, 5.74) is 15.4. The Balaban J connectivity index is 1.32. The highest BCUT2D eigenvalue weighted by atomic mass is 15.0. The Bertz CT molecular complexity index is 4150. The summed E-state index contributed by atoms with van der Waals surface area (Å²) in [6.07, 6.45) is 4.10. The molecule has 0 saturated heterocycles. The third-order valence-electron chi connectivity index (χ3n) is 16.8. The lowest BCUT2D eigenvalue weighted by atomic mass is 9.79. The molecule has 2 aliphatic rings. The molecule has 5 heterocycles. The molecule has 0 N–H and O–H groups in total. The topological polar surface area (TPSA) is 45.5 Å². The third kappa shape index (κ3) is 4.61. The Labute approximate surface area is 389 Å². The number of hydrogen-bond donors (Lipinski definition) is 0. The van der Waals surface area contributed by atoms with E-state index in [1.807, 2.05) is 0 Å². The molecule has 11 aromatic rings. The first-order valence-corrected chi connectivity index (χ1v) is 24.0. The van der Waals surface area contributed by atoms with Gasteiger partial charge < -0.3 is 8.80 Å². The van der Waals surface area contributed by atoms with E-state index < -0.39 is 0 Å². The minimum absolute atomic E-state index is 0.0348. The van der Waals surface area contributed by atoms with Crippen LogP contribution in [0.2, 0.25) is 0 Å².